The SMILES string of the molecule is C=C(B1OC(C)(C)C(C)(C)O1)C1(C(=O)c2ccccc2)CCCCC1. The van der Waals surface area contributed by atoms with Crippen LogP contribution in [0.1, 0.15) is 70.2 Å². The van der Waals surface area contributed by atoms with Crippen molar-refractivity contribution in [2.24, 2.45) is 5.41 Å². The van der Waals surface area contributed by atoms with Crippen LogP contribution in [0.3, 0.4) is 0 Å². The van der Waals surface area contributed by atoms with Crippen molar-refractivity contribution in [3.05, 3.63) is 47.9 Å². The first-order valence-corrected chi connectivity index (χ1v) is 9.34. The van der Waals surface area contributed by atoms with Gasteiger partial charge in [0.2, 0.25) is 0 Å². The molecule has 2 aliphatic rings. The maximum Gasteiger partial charge on any atom is 0.490 e. The molecule has 1 aromatic rings. The van der Waals surface area contributed by atoms with Crippen molar-refractivity contribution in [3.63, 3.8) is 0 Å². The molecular weight excluding hydrogens is 311 g/mol. The number of hydrogen-bond donors (Lipinski definition) is 0. The van der Waals surface area contributed by atoms with Crippen molar-refractivity contribution >= 4 is 12.9 Å². The van der Waals surface area contributed by atoms with Crippen LogP contribution in [-0.4, -0.2) is 24.1 Å². The molecule has 1 aliphatic carbocycles. The zero-order valence-corrected chi connectivity index (χ0v) is 15.9. The largest absolute Gasteiger partial charge is 0.490 e. The van der Waals surface area contributed by atoms with Crippen molar-refractivity contribution in [1.82, 2.24) is 0 Å². The van der Waals surface area contributed by atoms with Crippen LogP contribution in [0.5, 0.6) is 0 Å². The van der Waals surface area contributed by atoms with Gasteiger partial charge in [0.25, 0.3) is 0 Å². The van der Waals surface area contributed by atoms with Crippen LogP contribution >= 0.6 is 0 Å². The topological polar surface area (TPSA) is 35.5 Å². The lowest BCUT2D eigenvalue weighted by Gasteiger charge is -2.38. The predicted octanol–water partition coefficient (Wildman–Crippen LogP) is 5.01. The van der Waals surface area contributed by atoms with Crippen LogP contribution in [0.15, 0.2) is 42.4 Å². The summed E-state index contributed by atoms with van der Waals surface area (Å²) in [6, 6.07) is 9.57. The van der Waals surface area contributed by atoms with Crippen LogP contribution in [0.4, 0.5) is 0 Å². The summed E-state index contributed by atoms with van der Waals surface area (Å²) >= 11 is 0. The molecule has 0 N–H and O–H groups in total. The van der Waals surface area contributed by atoms with Crippen LogP contribution in [0, 0.1) is 5.41 Å². The van der Waals surface area contributed by atoms with Crippen LogP contribution in [0.2, 0.25) is 0 Å². The third kappa shape index (κ3) is 3.11. The lowest BCUT2D eigenvalue weighted by molar-refractivity contribution is 0.00578. The molecule has 0 aromatic heterocycles. The highest BCUT2D eigenvalue weighted by Gasteiger charge is 2.56. The molecule has 0 spiro atoms. The Bertz CT molecular complexity index is 641. The van der Waals surface area contributed by atoms with Gasteiger partial charge in [-0.2, -0.15) is 0 Å². The summed E-state index contributed by atoms with van der Waals surface area (Å²) in [5.41, 5.74) is 0.112. The van der Waals surface area contributed by atoms with E-state index in [2.05, 4.69) is 6.58 Å². The second-order valence-electron chi connectivity index (χ2n) is 8.45. The maximum atomic E-state index is 13.5. The van der Waals surface area contributed by atoms with E-state index in [0.717, 1.165) is 36.7 Å². The molecule has 134 valence electrons. The molecule has 1 aromatic carbocycles. The Hall–Kier alpha value is -1.39. The first-order valence-electron chi connectivity index (χ1n) is 9.34. The summed E-state index contributed by atoms with van der Waals surface area (Å²) in [4.78, 5) is 13.5. The Morgan fingerprint density at radius 2 is 1.48 bits per heavy atom. The van der Waals surface area contributed by atoms with E-state index in [1.54, 1.807) is 0 Å². The molecule has 1 heterocycles. The normalized spacial score (nSPS) is 24.1. The van der Waals surface area contributed by atoms with Gasteiger partial charge < -0.3 is 9.31 Å². The number of allylic oxidation sites excluding steroid dienone is 1. The molecule has 3 nitrogen and oxygen atoms in total. The Morgan fingerprint density at radius 1 is 0.960 bits per heavy atom. The monoisotopic (exact) mass is 340 g/mol. The smallest absolute Gasteiger partial charge is 0.400 e. The molecule has 1 saturated carbocycles. The van der Waals surface area contributed by atoms with Gasteiger partial charge in [0, 0.05) is 5.56 Å². The highest BCUT2D eigenvalue weighted by Crippen LogP contribution is 2.49. The van der Waals surface area contributed by atoms with Gasteiger partial charge in [0.15, 0.2) is 5.78 Å². The first kappa shape index (κ1) is 18.4. The highest BCUT2D eigenvalue weighted by atomic mass is 16.7. The predicted molar refractivity (Wildman–Crippen MR) is 102 cm³/mol. The Labute approximate surface area is 151 Å². The lowest BCUT2D eigenvalue weighted by Crippen LogP contribution is -2.42. The van der Waals surface area contributed by atoms with Gasteiger partial charge in [-0.25, -0.2) is 0 Å². The zero-order valence-electron chi connectivity index (χ0n) is 15.9. The summed E-state index contributed by atoms with van der Waals surface area (Å²) in [6.07, 6.45) is 4.89. The van der Waals surface area contributed by atoms with Gasteiger partial charge in [-0.3, -0.25) is 4.79 Å². The standard InChI is InChI=1S/C21H29BO3/c1-16(22-24-19(2,3)20(4,5)25-22)21(14-10-7-11-15-21)18(23)17-12-8-6-9-13-17/h6,8-9,12-13H,1,7,10-11,14-15H2,2-5H3. The van der Waals surface area contributed by atoms with Crippen molar-refractivity contribution in [1.29, 1.82) is 0 Å². The van der Waals surface area contributed by atoms with Gasteiger partial charge in [-0.15, -0.1) is 6.58 Å². The summed E-state index contributed by atoms with van der Waals surface area (Å²) < 4.78 is 12.4. The Kier molecular flexibility index (Phi) is 4.72. The van der Waals surface area contributed by atoms with Crippen molar-refractivity contribution in [3.8, 4) is 0 Å². The van der Waals surface area contributed by atoms with E-state index < -0.39 is 23.7 Å². The van der Waals surface area contributed by atoms with Crippen LogP contribution in [0.25, 0.3) is 0 Å². The molecular formula is C21H29BO3. The lowest BCUT2D eigenvalue weighted by atomic mass is 9.55. The molecule has 4 heteroatoms. The molecule has 0 radical (unpaired) electrons. The Morgan fingerprint density at radius 3 is 2.00 bits per heavy atom. The molecule has 0 bridgehead atoms. The fourth-order valence-corrected chi connectivity index (χ4v) is 3.93. The molecule has 0 amide bonds. The first-order chi connectivity index (χ1) is 11.7. The molecule has 0 unspecified atom stereocenters. The van der Waals surface area contributed by atoms with Crippen LogP contribution in [-0.2, 0) is 9.31 Å². The van der Waals surface area contributed by atoms with E-state index in [9.17, 15) is 4.79 Å². The maximum absolute atomic E-state index is 13.5. The van der Waals surface area contributed by atoms with E-state index in [0.29, 0.717) is 0 Å². The third-order valence-electron chi connectivity index (χ3n) is 6.33. The van der Waals surface area contributed by atoms with E-state index in [1.807, 2.05) is 58.0 Å². The minimum Gasteiger partial charge on any atom is -0.400 e. The fourth-order valence-electron chi connectivity index (χ4n) is 3.93. The third-order valence-corrected chi connectivity index (χ3v) is 6.33. The zero-order chi connectivity index (χ0) is 18.3. The number of Topliss-reactive ketones (excluding diaryl/α,β-unsaturated/α-hetero) is 1. The van der Waals surface area contributed by atoms with E-state index in [1.165, 1.54) is 6.42 Å². The van der Waals surface area contributed by atoms with E-state index >= 15 is 0 Å². The van der Waals surface area contributed by atoms with Gasteiger partial charge in [-0.05, 0) is 46.0 Å². The summed E-state index contributed by atoms with van der Waals surface area (Å²) in [6.45, 7) is 12.5. The van der Waals surface area contributed by atoms with Crippen molar-refractivity contribution in [2.75, 3.05) is 0 Å². The second-order valence-corrected chi connectivity index (χ2v) is 8.45. The van der Waals surface area contributed by atoms with Gasteiger partial charge in [0.1, 0.15) is 0 Å². The number of rotatable bonds is 4. The number of benzene rings is 1. The van der Waals surface area contributed by atoms with E-state index in [-0.39, 0.29) is 5.78 Å². The fraction of sp³-hybridized carbons (Fsp3) is 0.571. The molecule has 3 rings (SSSR count). The van der Waals surface area contributed by atoms with Crippen molar-refractivity contribution < 1.29 is 14.1 Å². The van der Waals surface area contributed by atoms with Crippen LogP contribution < -0.4 is 0 Å². The molecule has 2 fully saturated rings. The van der Waals surface area contributed by atoms with Gasteiger partial charge in [-0.1, -0.05) is 49.6 Å². The Balaban J connectivity index is 1.94. The van der Waals surface area contributed by atoms with E-state index in [4.69, 9.17) is 9.31 Å². The number of hydrogen-bond acceptors (Lipinski definition) is 3. The average molecular weight is 340 g/mol. The van der Waals surface area contributed by atoms with Crippen molar-refractivity contribution in [2.45, 2.75) is 71.0 Å². The number of carbonyl (C=O) groups is 1. The minimum atomic E-state index is -0.583. The number of ketones is 1. The summed E-state index contributed by atoms with van der Waals surface area (Å²) in [7, 11) is -0.532. The average Bonchev–Trinajstić information content (AvgIpc) is 2.82. The summed E-state index contributed by atoms with van der Waals surface area (Å²) in [5.74, 6) is 0.160. The second kappa shape index (κ2) is 6.41. The van der Waals surface area contributed by atoms with Gasteiger partial charge >= 0.3 is 7.12 Å². The minimum absolute atomic E-state index is 0.160. The quantitative estimate of drug-likeness (QED) is 0.571. The van der Waals surface area contributed by atoms with Gasteiger partial charge in [0.05, 0.1) is 16.6 Å². The molecule has 25 heavy (non-hydrogen) atoms. The summed E-state index contributed by atoms with van der Waals surface area (Å²) in [5, 5.41) is 0. The molecule has 0 atom stereocenters. The highest BCUT2D eigenvalue weighted by molar-refractivity contribution is 6.55. The molecule has 1 saturated heterocycles. The number of carbonyl (C=O) groups excluding carboxylic acids is 1. The molecule has 1 aliphatic heterocycles.